The van der Waals surface area contributed by atoms with Crippen molar-refractivity contribution in [2.75, 3.05) is 5.75 Å². The summed E-state index contributed by atoms with van der Waals surface area (Å²) in [7, 11) is 0. The lowest BCUT2D eigenvalue weighted by Crippen LogP contribution is -2.18. The van der Waals surface area contributed by atoms with Gasteiger partial charge in [0.25, 0.3) is 0 Å². The van der Waals surface area contributed by atoms with E-state index in [4.69, 9.17) is 5.11 Å². The van der Waals surface area contributed by atoms with Crippen LogP contribution in [0.5, 0.6) is 0 Å². The van der Waals surface area contributed by atoms with Gasteiger partial charge in [-0.3, -0.25) is 4.79 Å². The van der Waals surface area contributed by atoms with Crippen LogP contribution in [-0.2, 0) is 17.8 Å². The molecule has 0 saturated heterocycles. The van der Waals surface area contributed by atoms with Gasteiger partial charge in [-0.05, 0) is 11.8 Å². The summed E-state index contributed by atoms with van der Waals surface area (Å²) >= 11 is 1.26. The molecule has 5 nitrogen and oxygen atoms in total. The third-order valence-electron chi connectivity index (χ3n) is 3.36. The predicted octanol–water partition coefficient (Wildman–Crippen LogP) is 2.45. The first-order valence-electron chi connectivity index (χ1n) is 6.83. The average molecular weight is 283 g/mol. The molecule has 1 heterocycles. The highest BCUT2D eigenvalue weighted by Crippen LogP contribution is 2.30. The minimum Gasteiger partial charge on any atom is -0.481 e. The van der Waals surface area contributed by atoms with E-state index < -0.39 is 5.97 Å². The zero-order valence-electron chi connectivity index (χ0n) is 11.5. The van der Waals surface area contributed by atoms with Crippen molar-refractivity contribution in [2.45, 2.75) is 51.2 Å². The first-order valence-corrected chi connectivity index (χ1v) is 7.81. The number of aromatic nitrogens is 3. The van der Waals surface area contributed by atoms with Crippen molar-refractivity contribution in [1.82, 2.24) is 14.8 Å². The number of carboxylic acid groups (broad SMARTS) is 1. The Bertz CT molecular complexity index is 441. The highest BCUT2D eigenvalue weighted by molar-refractivity contribution is 7.99. The number of carboxylic acids is 1. The van der Waals surface area contributed by atoms with Crippen molar-refractivity contribution in [1.29, 1.82) is 0 Å². The van der Waals surface area contributed by atoms with Crippen LogP contribution in [0, 0.1) is 11.8 Å². The number of thioether (sulfide) groups is 1. The Labute approximate surface area is 117 Å². The third-order valence-corrected chi connectivity index (χ3v) is 4.31. The second-order valence-electron chi connectivity index (χ2n) is 5.59. The Balaban J connectivity index is 2.09. The van der Waals surface area contributed by atoms with Crippen molar-refractivity contribution in [2.24, 2.45) is 11.8 Å². The monoisotopic (exact) mass is 283 g/mol. The molecule has 0 atom stereocenters. The SMILES string of the molecule is CC(C)Cn1c(CC2CCC2)nnc1SCC(=O)O. The molecule has 0 bridgehead atoms. The van der Waals surface area contributed by atoms with E-state index in [9.17, 15) is 4.79 Å². The van der Waals surface area contributed by atoms with E-state index in [1.807, 2.05) is 0 Å². The maximum Gasteiger partial charge on any atom is 0.313 e. The van der Waals surface area contributed by atoms with E-state index in [2.05, 4.69) is 28.6 Å². The van der Waals surface area contributed by atoms with Gasteiger partial charge >= 0.3 is 5.97 Å². The van der Waals surface area contributed by atoms with Gasteiger partial charge in [-0.2, -0.15) is 0 Å². The Morgan fingerprint density at radius 3 is 2.74 bits per heavy atom. The number of hydrogen-bond donors (Lipinski definition) is 1. The molecule has 1 aliphatic rings. The molecule has 0 unspecified atom stereocenters. The molecule has 1 N–H and O–H groups in total. The fraction of sp³-hybridized carbons (Fsp3) is 0.769. The molecule has 2 rings (SSSR count). The van der Waals surface area contributed by atoms with E-state index >= 15 is 0 Å². The van der Waals surface area contributed by atoms with E-state index in [-0.39, 0.29) is 5.75 Å². The molecule has 106 valence electrons. The molecule has 0 aromatic carbocycles. The second kappa shape index (κ2) is 6.41. The molecule has 0 amide bonds. The van der Waals surface area contributed by atoms with Gasteiger partial charge in [-0.15, -0.1) is 10.2 Å². The minimum absolute atomic E-state index is 0.0413. The average Bonchev–Trinajstić information content (AvgIpc) is 2.63. The number of carbonyl (C=O) groups is 1. The maximum absolute atomic E-state index is 10.7. The first kappa shape index (κ1) is 14.4. The summed E-state index contributed by atoms with van der Waals surface area (Å²) in [6, 6.07) is 0. The van der Waals surface area contributed by atoms with Gasteiger partial charge in [-0.1, -0.05) is 44.9 Å². The molecule has 0 aliphatic heterocycles. The van der Waals surface area contributed by atoms with Crippen LogP contribution in [-0.4, -0.2) is 31.6 Å². The van der Waals surface area contributed by atoms with Crippen LogP contribution in [0.25, 0.3) is 0 Å². The molecule has 1 aliphatic carbocycles. The Morgan fingerprint density at radius 2 is 2.21 bits per heavy atom. The predicted molar refractivity (Wildman–Crippen MR) is 74.3 cm³/mol. The molecular formula is C13H21N3O2S. The van der Waals surface area contributed by atoms with Crippen LogP contribution >= 0.6 is 11.8 Å². The molecule has 0 radical (unpaired) electrons. The summed E-state index contributed by atoms with van der Waals surface area (Å²) in [5.41, 5.74) is 0. The molecule has 1 fully saturated rings. The lowest BCUT2D eigenvalue weighted by atomic mass is 9.83. The van der Waals surface area contributed by atoms with Crippen molar-refractivity contribution >= 4 is 17.7 Å². The smallest absolute Gasteiger partial charge is 0.313 e. The Kier molecular flexibility index (Phi) is 4.85. The molecule has 1 aromatic heterocycles. The van der Waals surface area contributed by atoms with Gasteiger partial charge in [0.15, 0.2) is 5.16 Å². The topological polar surface area (TPSA) is 68.0 Å². The molecule has 1 aromatic rings. The van der Waals surface area contributed by atoms with Crippen LogP contribution in [0.1, 0.15) is 38.9 Å². The fourth-order valence-electron chi connectivity index (χ4n) is 2.21. The van der Waals surface area contributed by atoms with E-state index in [0.29, 0.717) is 5.92 Å². The van der Waals surface area contributed by atoms with Gasteiger partial charge in [0, 0.05) is 13.0 Å². The number of rotatable bonds is 7. The fourth-order valence-corrected chi connectivity index (χ4v) is 2.89. The largest absolute Gasteiger partial charge is 0.481 e. The van der Waals surface area contributed by atoms with Gasteiger partial charge in [0.1, 0.15) is 5.82 Å². The van der Waals surface area contributed by atoms with E-state index in [0.717, 1.165) is 29.9 Å². The number of aliphatic carboxylic acids is 1. The summed E-state index contributed by atoms with van der Waals surface area (Å²) in [6.07, 6.45) is 4.87. The normalized spacial score (nSPS) is 15.7. The highest BCUT2D eigenvalue weighted by atomic mass is 32.2. The summed E-state index contributed by atoms with van der Waals surface area (Å²) < 4.78 is 2.11. The Morgan fingerprint density at radius 1 is 1.47 bits per heavy atom. The van der Waals surface area contributed by atoms with Crippen LogP contribution < -0.4 is 0 Å². The van der Waals surface area contributed by atoms with Crippen molar-refractivity contribution in [3.63, 3.8) is 0 Å². The van der Waals surface area contributed by atoms with Crippen molar-refractivity contribution in [3.05, 3.63) is 5.82 Å². The first-order chi connectivity index (χ1) is 9.06. The molecule has 19 heavy (non-hydrogen) atoms. The summed E-state index contributed by atoms with van der Waals surface area (Å²) in [5, 5.41) is 17.9. The quantitative estimate of drug-likeness (QED) is 0.778. The molecule has 6 heteroatoms. The Hall–Kier alpha value is -1.04. The number of nitrogens with zero attached hydrogens (tertiary/aromatic N) is 3. The van der Waals surface area contributed by atoms with Crippen molar-refractivity contribution in [3.8, 4) is 0 Å². The molecular weight excluding hydrogens is 262 g/mol. The van der Waals surface area contributed by atoms with Gasteiger partial charge in [0.05, 0.1) is 5.75 Å². The zero-order chi connectivity index (χ0) is 13.8. The van der Waals surface area contributed by atoms with E-state index in [1.165, 1.54) is 31.0 Å². The van der Waals surface area contributed by atoms with E-state index in [1.54, 1.807) is 0 Å². The third kappa shape index (κ3) is 3.96. The zero-order valence-corrected chi connectivity index (χ0v) is 12.3. The maximum atomic E-state index is 10.7. The van der Waals surface area contributed by atoms with Crippen LogP contribution in [0.15, 0.2) is 5.16 Å². The lowest BCUT2D eigenvalue weighted by Gasteiger charge is -2.25. The number of hydrogen-bond acceptors (Lipinski definition) is 4. The van der Waals surface area contributed by atoms with Crippen LogP contribution in [0.4, 0.5) is 0 Å². The van der Waals surface area contributed by atoms with Gasteiger partial charge in [0.2, 0.25) is 0 Å². The summed E-state index contributed by atoms with van der Waals surface area (Å²) in [4.78, 5) is 10.7. The summed E-state index contributed by atoms with van der Waals surface area (Å²) in [5.74, 6) is 1.49. The minimum atomic E-state index is -0.815. The van der Waals surface area contributed by atoms with Crippen LogP contribution in [0.3, 0.4) is 0 Å². The van der Waals surface area contributed by atoms with Gasteiger partial charge < -0.3 is 9.67 Å². The standard InChI is InChI=1S/C13H21N3O2S/c1-9(2)7-16-11(6-10-4-3-5-10)14-15-13(16)19-8-12(17)18/h9-10H,3-8H2,1-2H3,(H,17,18). The van der Waals surface area contributed by atoms with Crippen LogP contribution in [0.2, 0.25) is 0 Å². The second-order valence-corrected chi connectivity index (χ2v) is 6.53. The lowest BCUT2D eigenvalue weighted by molar-refractivity contribution is -0.133. The van der Waals surface area contributed by atoms with Crippen molar-refractivity contribution < 1.29 is 9.90 Å². The molecule has 0 spiro atoms. The highest BCUT2D eigenvalue weighted by Gasteiger charge is 2.22. The summed E-state index contributed by atoms with van der Waals surface area (Å²) in [6.45, 7) is 5.16. The molecule has 1 saturated carbocycles. The van der Waals surface area contributed by atoms with Gasteiger partial charge in [-0.25, -0.2) is 0 Å².